The molecule has 2 nitrogen and oxygen atoms in total. The van der Waals surface area contributed by atoms with Crippen LogP contribution in [-0.4, -0.2) is 23.9 Å². The van der Waals surface area contributed by atoms with Crippen molar-refractivity contribution >= 4 is 0 Å². The molecule has 11 heavy (non-hydrogen) atoms. The van der Waals surface area contributed by atoms with Crippen molar-refractivity contribution in [3.63, 3.8) is 0 Å². The van der Waals surface area contributed by atoms with Gasteiger partial charge in [-0.05, 0) is 18.8 Å². The molecule has 1 aliphatic carbocycles. The maximum atomic E-state index is 9.69. The summed E-state index contributed by atoms with van der Waals surface area (Å²) in [6.07, 6.45) is 6.41. The maximum absolute atomic E-state index is 9.69. The van der Waals surface area contributed by atoms with Crippen LogP contribution >= 0.6 is 0 Å². The molecule has 0 aromatic rings. The summed E-state index contributed by atoms with van der Waals surface area (Å²) in [5, 5.41) is 9.69. The highest BCUT2D eigenvalue weighted by molar-refractivity contribution is 4.85. The van der Waals surface area contributed by atoms with E-state index in [-0.39, 0.29) is 12.2 Å². The van der Waals surface area contributed by atoms with Gasteiger partial charge in [0.05, 0.1) is 12.7 Å². The Hall–Kier alpha value is -0.0800. The highest BCUT2D eigenvalue weighted by Gasteiger charge is 2.36. The van der Waals surface area contributed by atoms with Crippen molar-refractivity contribution in [1.82, 2.24) is 0 Å². The molecular weight excluding hydrogens is 140 g/mol. The first kappa shape index (κ1) is 7.56. The van der Waals surface area contributed by atoms with Crippen LogP contribution in [0.4, 0.5) is 0 Å². The molecule has 64 valence electrons. The van der Waals surface area contributed by atoms with Gasteiger partial charge < -0.3 is 9.84 Å². The lowest BCUT2D eigenvalue weighted by Gasteiger charge is -2.25. The van der Waals surface area contributed by atoms with Crippen LogP contribution in [0.15, 0.2) is 0 Å². The Bertz CT molecular complexity index is 126. The molecule has 1 heterocycles. The Morgan fingerprint density at radius 2 is 1.82 bits per heavy atom. The van der Waals surface area contributed by atoms with Gasteiger partial charge in [0.1, 0.15) is 6.10 Å². The molecule has 2 fully saturated rings. The summed E-state index contributed by atoms with van der Waals surface area (Å²) in [7, 11) is 0. The van der Waals surface area contributed by atoms with Gasteiger partial charge in [-0.1, -0.05) is 19.3 Å². The van der Waals surface area contributed by atoms with Crippen LogP contribution in [0.1, 0.15) is 32.1 Å². The topological polar surface area (TPSA) is 32.8 Å². The molecule has 1 saturated carbocycles. The molecule has 0 radical (unpaired) electrons. The van der Waals surface area contributed by atoms with E-state index >= 15 is 0 Å². The average Bonchev–Trinajstić information content (AvgIpc) is 2.87. The second-order valence-electron chi connectivity index (χ2n) is 3.76. The van der Waals surface area contributed by atoms with Crippen LogP contribution in [-0.2, 0) is 4.74 Å². The molecule has 0 spiro atoms. The molecule has 0 unspecified atom stereocenters. The Kier molecular flexibility index (Phi) is 2.14. The highest BCUT2D eigenvalue weighted by Crippen LogP contribution is 2.31. The Labute approximate surface area is 67.6 Å². The number of ether oxygens (including phenoxy) is 1. The minimum atomic E-state index is -0.157. The summed E-state index contributed by atoms with van der Waals surface area (Å²) in [6.45, 7) is 0.789. The molecule has 2 aliphatic rings. The van der Waals surface area contributed by atoms with Crippen LogP contribution in [0.2, 0.25) is 0 Å². The van der Waals surface area contributed by atoms with E-state index in [2.05, 4.69) is 0 Å². The third kappa shape index (κ3) is 1.74. The molecule has 2 rings (SSSR count). The number of hydrogen-bond acceptors (Lipinski definition) is 2. The summed E-state index contributed by atoms with van der Waals surface area (Å²) in [4.78, 5) is 0. The molecular formula is C9H16O2. The van der Waals surface area contributed by atoms with Crippen LogP contribution in [0.3, 0.4) is 0 Å². The van der Waals surface area contributed by atoms with E-state index in [0.29, 0.717) is 5.92 Å². The van der Waals surface area contributed by atoms with E-state index in [9.17, 15) is 5.11 Å². The van der Waals surface area contributed by atoms with E-state index in [1.54, 1.807) is 0 Å². The molecule has 0 aromatic heterocycles. The normalized spacial score (nSPS) is 35.2. The zero-order chi connectivity index (χ0) is 7.68. The average molecular weight is 156 g/mol. The third-order valence-electron chi connectivity index (χ3n) is 2.87. The van der Waals surface area contributed by atoms with E-state index in [1.807, 2.05) is 0 Å². The molecule has 0 aromatic carbocycles. The summed E-state index contributed by atoms with van der Waals surface area (Å²) >= 11 is 0. The number of hydrogen-bond donors (Lipinski definition) is 1. The summed E-state index contributed by atoms with van der Waals surface area (Å²) < 4.78 is 5.07. The molecule has 1 saturated heterocycles. The van der Waals surface area contributed by atoms with Gasteiger partial charge in [0, 0.05) is 0 Å². The van der Waals surface area contributed by atoms with Crippen molar-refractivity contribution < 1.29 is 9.84 Å². The lowest BCUT2D eigenvalue weighted by atomic mass is 9.84. The summed E-state index contributed by atoms with van der Waals surface area (Å²) in [5.74, 6) is 0.538. The van der Waals surface area contributed by atoms with Gasteiger partial charge in [0.2, 0.25) is 0 Å². The van der Waals surface area contributed by atoms with Gasteiger partial charge in [-0.3, -0.25) is 0 Å². The Morgan fingerprint density at radius 1 is 1.18 bits per heavy atom. The van der Waals surface area contributed by atoms with Crippen molar-refractivity contribution in [3.05, 3.63) is 0 Å². The standard InChI is InChI=1S/C9H16O2/c10-9(8-6-11-8)7-4-2-1-3-5-7/h7-10H,1-6H2/t8-,9-/m0/s1. The van der Waals surface area contributed by atoms with Crippen LogP contribution < -0.4 is 0 Å². The predicted molar refractivity (Wildman–Crippen MR) is 42.3 cm³/mol. The quantitative estimate of drug-likeness (QED) is 0.612. The van der Waals surface area contributed by atoms with Gasteiger partial charge in [-0.25, -0.2) is 0 Å². The second-order valence-corrected chi connectivity index (χ2v) is 3.76. The molecule has 2 heteroatoms. The highest BCUT2D eigenvalue weighted by atomic mass is 16.6. The largest absolute Gasteiger partial charge is 0.390 e. The third-order valence-corrected chi connectivity index (χ3v) is 2.87. The van der Waals surface area contributed by atoms with Crippen molar-refractivity contribution in [2.24, 2.45) is 5.92 Å². The van der Waals surface area contributed by atoms with Crippen LogP contribution in [0.5, 0.6) is 0 Å². The van der Waals surface area contributed by atoms with Gasteiger partial charge in [0.25, 0.3) is 0 Å². The van der Waals surface area contributed by atoms with Crippen molar-refractivity contribution in [2.45, 2.75) is 44.3 Å². The molecule has 2 atom stereocenters. The fourth-order valence-corrected chi connectivity index (χ4v) is 2.03. The monoisotopic (exact) mass is 156 g/mol. The Morgan fingerprint density at radius 3 is 2.36 bits per heavy atom. The zero-order valence-corrected chi connectivity index (χ0v) is 6.83. The van der Waals surface area contributed by atoms with E-state index in [0.717, 1.165) is 6.61 Å². The first-order chi connectivity index (χ1) is 5.38. The van der Waals surface area contributed by atoms with Crippen LogP contribution in [0.25, 0.3) is 0 Å². The minimum Gasteiger partial charge on any atom is -0.390 e. The van der Waals surface area contributed by atoms with Crippen molar-refractivity contribution in [1.29, 1.82) is 0 Å². The van der Waals surface area contributed by atoms with Gasteiger partial charge in [0.15, 0.2) is 0 Å². The number of rotatable bonds is 2. The molecule has 0 amide bonds. The first-order valence-electron chi connectivity index (χ1n) is 4.67. The fraction of sp³-hybridized carbons (Fsp3) is 1.00. The van der Waals surface area contributed by atoms with Gasteiger partial charge in [-0.2, -0.15) is 0 Å². The minimum absolute atomic E-state index is 0.157. The SMILES string of the molecule is O[C@@H](C1CCCCC1)[C@@H]1CO1. The summed E-state index contributed by atoms with van der Waals surface area (Å²) in [5.41, 5.74) is 0. The zero-order valence-electron chi connectivity index (χ0n) is 6.83. The van der Waals surface area contributed by atoms with E-state index in [1.165, 1.54) is 32.1 Å². The van der Waals surface area contributed by atoms with Crippen LogP contribution in [0, 0.1) is 5.92 Å². The van der Waals surface area contributed by atoms with Gasteiger partial charge in [-0.15, -0.1) is 0 Å². The fourth-order valence-electron chi connectivity index (χ4n) is 2.03. The van der Waals surface area contributed by atoms with Gasteiger partial charge >= 0.3 is 0 Å². The number of aliphatic hydroxyl groups excluding tert-OH is 1. The lowest BCUT2D eigenvalue weighted by Crippen LogP contribution is -2.27. The van der Waals surface area contributed by atoms with E-state index in [4.69, 9.17) is 4.74 Å². The van der Waals surface area contributed by atoms with Crippen molar-refractivity contribution in [3.8, 4) is 0 Å². The second kappa shape index (κ2) is 3.11. The predicted octanol–water partition coefficient (Wildman–Crippen LogP) is 1.33. The van der Waals surface area contributed by atoms with E-state index < -0.39 is 0 Å². The number of aliphatic hydroxyl groups is 1. The molecule has 1 aliphatic heterocycles. The molecule has 1 N–H and O–H groups in total. The lowest BCUT2D eigenvalue weighted by molar-refractivity contribution is 0.0586. The van der Waals surface area contributed by atoms with Crippen molar-refractivity contribution in [2.75, 3.05) is 6.61 Å². The smallest absolute Gasteiger partial charge is 0.107 e. The Balaban J connectivity index is 1.81. The molecule has 0 bridgehead atoms. The summed E-state index contributed by atoms with van der Waals surface area (Å²) in [6, 6.07) is 0. The number of epoxide rings is 1. The first-order valence-corrected chi connectivity index (χ1v) is 4.67. The maximum Gasteiger partial charge on any atom is 0.107 e.